The van der Waals surface area contributed by atoms with Crippen LogP contribution in [0, 0.1) is 0 Å². The Bertz CT molecular complexity index is 430. The minimum Gasteiger partial charge on any atom is -0.353 e. The Labute approximate surface area is 118 Å². The lowest BCUT2D eigenvalue weighted by Gasteiger charge is -2.01. The molecule has 0 saturated carbocycles. The van der Waals surface area contributed by atoms with Crippen LogP contribution in [0.15, 0.2) is 24.3 Å². The summed E-state index contributed by atoms with van der Waals surface area (Å²) in [5, 5.41) is 3.95. The first kappa shape index (κ1) is 15.1. The van der Waals surface area contributed by atoms with Crippen LogP contribution in [0.5, 0.6) is 0 Å². The summed E-state index contributed by atoms with van der Waals surface area (Å²) in [4.78, 5) is 11.5. The Morgan fingerprint density at radius 2 is 2.11 bits per heavy atom. The normalized spacial score (nSPS) is 10.8. The van der Waals surface area contributed by atoms with Gasteiger partial charge in [0, 0.05) is 22.7 Å². The van der Waals surface area contributed by atoms with Gasteiger partial charge in [0.15, 0.2) is 0 Å². The van der Waals surface area contributed by atoms with Crippen LogP contribution in [-0.2, 0) is 4.79 Å². The largest absolute Gasteiger partial charge is 0.353 e. The number of carbonyl (C=O) groups is 1. The zero-order valence-electron chi connectivity index (χ0n) is 10.4. The zero-order chi connectivity index (χ0) is 13.4. The van der Waals surface area contributed by atoms with Gasteiger partial charge in [-0.2, -0.15) is 0 Å². The van der Waals surface area contributed by atoms with Crippen molar-refractivity contribution >= 4 is 35.2 Å². The summed E-state index contributed by atoms with van der Waals surface area (Å²) in [7, 11) is 0. The standard InChI is InChI=1S/C14H17Cl2NO/c1-2-3-4-9-17-14(18)8-6-11-5-7-12(15)10-13(11)16/h5-8,10H,2-4,9H2,1H3,(H,17,18)/b8-6+. The molecular formula is C14H17Cl2NO. The number of hydrogen-bond acceptors (Lipinski definition) is 1. The highest BCUT2D eigenvalue weighted by Crippen LogP contribution is 2.21. The van der Waals surface area contributed by atoms with Crippen LogP contribution in [0.1, 0.15) is 31.7 Å². The van der Waals surface area contributed by atoms with Gasteiger partial charge in [-0.25, -0.2) is 0 Å². The van der Waals surface area contributed by atoms with Crippen molar-refractivity contribution in [1.82, 2.24) is 5.32 Å². The second-order valence-electron chi connectivity index (χ2n) is 4.00. The monoisotopic (exact) mass is 285 g/mol. The van der Waals surface area contributed by atoms with Crippen LogP contribution < -0.4 is 5.32 Å². The van der Waals surface area contributed by atoms with Crippen molar-refractivity contribution in [2.45, 2.75) is 26.2 Å². The number of rotatable bonds is 6. The Kier molecular flexibility index (Phi) is 6.84. The average Bonchev–Trinajstić information content (AvgIpc) is 2.33. The zero-order valence-corrected chi connectivity index (χ0v) is 11.9. The minimum atomic E-state index is -0.0999. The first-order valence-electron chi connectivity index (χ1n) is 6.04. The molecule has 0 bridgehead atoms. The number of unbranched alkanes of at least 4 members (excludes halogenated alkanes) is 2. The van der Waals surface area contributed by atoms with E-state index in [1.807, 2.05) is 0 Å². The van der Waals surface area contributed by atoms with Gasteiger partial charge in [0.25, 0.3) is 0 Å². The number of benzene rings is 1. The maximum atomic E-state index is 11.5. The third kappa shape index (κ3) is 5.56. The van der Waals surface area contributed by atoms with Crippen LogP contribution in [0.3, 0.4) is 0 Å². The lowest BCUT2D eigenvalue weighted by atomic mass is 10.2. The van der Waals surface area contributed by atoms with E-state index in [9.17, 15) is 4.79 Å². The van der Waals surface area contributed by atoms with Crippen LogP contribution in [-0.4, -0.2) is 12.5 Å². The maximum Gasteiger partial charge on any atom is 0.243 e. The fourth-order valence-corrected chi connectivity index (χ4v) is 1.92. The van der Waals surface area contributed by atoms with Gasteiger partial charge in [0.1, 0.15) is 0 Å². The van der Waals surface area contributed by atoms with E-state index < -0.39 is 0 Å². The topological polar surface area (TPSA) is 29.1 Å². The molecule has 18 heavy (non-hydrogen) atoms. The second-order valence-corrected chi connectivity index (χ2v) is 4.84. The molecule has 4 heteroatoms. The molecule has 0 spiro atoms. The summed E-state index contributed by atoms with van der Waals surface area (Å²) < 4.78 is 0. The van der Waals surface area contributed by atoms with Gasteiger partial charge in [-0.1, -0.05) is 49.0 Å². The first-order chi connectivity index (χ1) is 8.63. The van der Waals surface area contributed by atoms with Crippen molar-refractivity contribution < 1.29 is 4.79 Å². The number of amides is 1. The Hall–Kier alpha value is -0.990. The lowest BCUT2D eigenvalue weighted by molar-refractivity contribution is -0.116. The molecule has 1 amide bonds. The molecule has 1 rings (SSSR count). The molecule has 0 atom stereocenters. The third-order valence-corrected chi connectivity index (χ3v) is 3.02. The molecule has 0 fully saturated rings. The number of carbonyl (C=O) groups excluding carboxylic acids is 1. The van der Waals surface area contributed by atoms with E-state index in [2.05, 4.69) is 12.2 Å². The van der Waals surface area contributed by atoms with Crippen molar-refractivity contribution in [3.63, 3.8) is 0 Å². The summed E-state index contributed by atoms with van der Waals surface area (Å²) >= 11 is 11.8. The quantitative estimate of drug-likeness (QED) is 0.612. The molecule has 0 aliphatic heterocycles. The number of nitrogens with one attached hydrogen (secondary N) is 1. The van der Waals surface area contributed by atoms with E-state index in [-0.39, 0.29) is 5.91 Å². The molecule has 1 aromatic rings. The van der Waals surface area contributed by atoms with Crippen molar-refractivity contribution in [3.8, 4) is 0 Å². The first-order valence-corrected chi connectivity index (χ1v) is 6.80. The SMILES string of the molecule is CCCCCNC(=O)/C=C/c1ccc(Cl)cc1Cl. The molecule has 2 nitrogen and oxygen atoms in total. The predicted octanol–water partition coefficient (Wildman–Crippen LogP) is 4.31. The van der Waals surface area contributed by atoms with Gasteiger partial charge in [0.2, 0.25) is 5.91 Å². The molecule has 1 aromatic carbocycles. The number of hydrogen-bond donors (Lipinski definition) is 1. The summed E-state index contributed by atoms with van der Waals surface area (Å²) in [6.45, 7) is 2.84. The summed E-state index contributed by atoms with van der Waals surface area (Å²) in [5.41, 5.74) is 0.782. The molecule has 98 valence electrons. The highest BCUT2D eigenvalue weighted by molar-refractivity contribution is 6.35. The minimum absolute atomic E-state index is 0.0999. The van der Waals surface area contributed by atoms with Gasteiger partial charge < -0.3 is 5.32 Å². The second kappa shape index (κ2) is 8.17. The van der Waals surface area contributed by atoms with Crippen molar-refractivity contribution in [1.29, 1.82) is 0 Å². The highest BCUT2D eigenvalue weighted by atomic mass is 35.5. The van der Waals surface area contributed by atoms with Crippen LogP contribution in [0.2, 0.25) is 10.0 Å². The van der Waals surface area contributed by atoms with E-state index in [1.54, 1.807) is 24.3 Å². The maximum absolute atomic E-state index is 11.5. The van der Waals surface area contributed by atoms with E-state index in [1.165, 1.54) is 6.08 Å². The molecule has 0 aliphatic rings. The Morgan fingerprint density at radius 3 is 2.78 bits per heavy atom. The van der Waals surface area contributed by atoms with Crippen LogP contribution >= 0.6 is 23.2 Å². The Morgan fingerprint density at radius 1 is 1.33 bits per heavy atom. The molecule has 1 N–H and O–H groups in total. The smallest absolute Gasteiger partial charge is 0.243 e. The molecular weight excluding hydrogens is 269 g/mol. The van der Waals surface area contributed by atoms with Crippen LogP contribution in [0.4, 0.5) is 0 Å². The van der Waals surface area contributed by atoms with Crippen molar-refractivity contribution in [2.24, 2.45) is 0 Å². The van der Waals surface area contributed by atoms with Gasteiger partial charge >= 0.3 is 0 Å². The van der Waals surface area contributed by atoms with E-state index in [0.29, 0.717) is 16.6 Å². The van der Waals surface area contributed by atoms with E-state index >= 15 is 0 Å². The molecule has 0 aromatic heterocycles. The number of halogens is 2. The van der Waals surface area contributed by atoms with E-state index in [0.717, 1.165) is 24.8 Å². The lowest BCUT2D eigenvalue weighted by Crippen LogP contribution is -2.21. The molecule has 0 radical (unpaired) electrons. The highest BCUT2D eigenvalue weighted by Gasteiger charge is 1.99. The van der Waals surface area contributed by atoms with Gasteiger partial charge in [-0.05, 0) is 30.2 Å². The molecule has 0 aliphatic carbocycles. The summed E-state index contributed by atoms with van der Waals surface area (Å²) in [6.07, 6.45) is 6.46. The molecule has 0 saturated heterocycles. The summed E-state index contributed by atoms with van der Waals surface area (Å²) in [5.74, 6) is -0.0999. The Balaban J connectivity index is 2.45. The van der Waals surface area contributed by atoms with Gasteiger partial charge in [-0.3, -0.25) is 4.79 Å². The fourth-order valence-electron chi connectivity index (χ4n) is 1.45. The average molecular weight is 286 g/mol. The third-order valence-electron chi connectivity index (χ3n) is 2.46. The van der Waals surface area contributed by atoms with Gasteiger partial charge in [-0.15, -0.1) is 0 Å². The van der Waals surface area contributed by atoms with Gasteiger partial charge in [0.05, 0.1) is 0 Å². The predicted molar refractivity (Wildman–Crippen MR) is 78.0 cm³/mol. The van der Waals surface area contributed by atoms with Crippen LogP contribution in [0.25, 0.3) is 6.08 Å². The summed E-state index contributed by atoms with van der Waals surface area (Å²) in [6, 6.07) is 5.18. The van der Waals surface area contributed by atoms with Crippen molar-refractivity contribution in [3.05, 3.63) is 39.9 Å². The fraction of sp³-hybridized carbons (Fsp3) is 0.357. The molecule has 0 unspecified atom stereocenters. The van der Waals surface area contributed by atoms with E-state index in [4.69, 9.17) is 23.2 Å². The molecule has 0 heterocycles. The van der Waals surface area contributed by atoms with Crippen molar-refractivity contribution in [2.75, 3.05) is 6.54 Å².